The normalized spacial score (nSPS) is 27.4. The summed E-state index contributed by atoms with van der Waals surface area (Å²) in [5, 5.41) is 0.458. The van der Waals surface area contributed by atoms with Crippen LogP contribution in [0.5, 0.6) is 0 Å². The Bertz CT molecular complexity index is 551. The Morgan fingerprint density at radius 3 is 1.81 bits per heavy atom. The molecule has 1 saturated heterocycles. The third-order valence-electron chi connectivity index (χ3n) is 3.31. The molecule has 0 aliphatic carbocycles. The fourth-order valence-corrected chi connectivity index (χ4v) is 2.67. The molecule has 0 aromatic rings. The first kappa shape index (κ1) is 23.3. The van der Waals surface area contributed by atoms with Gasteiger partial charge in [0.05, 0.1) is 6.61 Å². The molecule has 0 radical (unpaired) electrons. The molecule has 27 heavy (non-hydrogen) atoms. The first-order chi connectivity index (χ1) is 12.6. The van der Waals surface area contributed by atoms with Crippen molar-refractivity contribution >= 4 is 39.8 Å². The van der Waals surface area contributed by atoms with E-state index in [9.17, 15) is 19.2 Å². The summed E-state index contributed by atoms with van der Waals surface area (Å²) in [5.74, 6) is -2.63. The molecule has 0 spiro atoms. The van der Waals surface area contributed by atoms with Crippen molar-refractivity contribution in [3.63, 3.8) is 0 Å². The van der Waals surface area contributed by atoms with E-state index in [2.05, 4.69) is 15.9 Å². The van der Waals surface area contributed by atoms with Crippen molar-refractivity contribution in [2.45, 2.75) is 58.4 Å². The second-order valence-electron chi connectivity index (χ2n) is 5.63. The highest BCUT2D eigenvalue weighted by atomic mass is 79.9. The largest absolute Gasteiger partial charge is 0.463 e. The van der Waals surface area contributed by atoms with Crippen molar-refractivity contribution in [1.29, 1.82) is 0 Å². The summed E-state index contributed by atoms with van der Waals surface area (Å²) in [6.45, 7) is 4.58. The zero-order valence-corrected chi connectivity index (χ0v) is 17.1. The smallest absolute Gasteiger partial charge is 0.303 e. The molecule has 1 fully saturated rings. The lowest BCUT2D eigenvalue weighted by Crippen LogP contribution is -2.63. The van der Waals surface area contributed by atoms with Crippen molar-refractivity contribution in [3.8, 4) is 0 Å². The topological polar surface area (TPSA) is 124 Å². The Hall–Kier alpha value is -1.72. The van der Waals surface area contributed by atoms with Crippen LogP contribution >= 0.6 is 15.9 Å². The van der Waals surface area contributed by atoms with Crippen molar-refractivity contribution < 1.29 is 47.6 Å². The van der Waals surface area contributed by atoms with Gasteiger partial charge < -0.3 is 28.4 Å². The molecule has 0 aromatic carbocycles. The van der Waals surface area contributed by atoms with Crippen LogP contribution in [0.25, 0.3) is 0 Å². The van der Waals surface area contributed by atoms with Gasteiger partial charge in [0.25, 0.3) is 0 Å². The quantitative estimate of drug-likeness (QED) is 0.290. The molecule has 1 aliphatic rings. The molecule has 0 amide bonds. The minimum absolute atomic E-state index is 0.188. The fraction of sp³-hybridized carbons (Fsp3) is 0.750. The van der Waals surface area contributed by atoms with Gasteiger partial charge in [-0.2, -0.15) is 0 Å². The maximum absolute atomic E-state index is 11.6. The summed E-state index contributed by atoms with van der Waals surface area (Å²) < 4.78 is 31.9. The summed E-state index contributed by atoms with van der Waals surface area (Å²) in [6.07, 6.45) is -5.73. The zero-order valence-electron chi connectivity index (χ0n) is 15.5. The Labute approximate surface area is 164 Å². The summed E-state index contributed by atoms with van der Waals surface area (Å²) >= 11 is 3.20. The van der Waals surface area contributed by atoms with Gasteiger partial charge in [-0.3, -0.25) is 19.2 Å². The highest BCUT2D eigenvalue weighted by molar-refractivity contribution is 9.09. The predicted octanol–water partition coefficient (Wildman–Crippen LogP) is 0.481. The van der Waals surface area contributed by atoms with E-state index < -0.39 is 54.6 Å². The molecule has 0 bridgehead atoms. The lowest BCUT2D eigenvalue weighted by atomic mass is 9.98. The van der Waals surface area contributed by atoms with E-state index in [1.54, 1.807) is 0 Å². The first-order valence-corrected chi connectivity index (χ1v) is 9.25. The van der Waals surface area contributed by atoms with E-state index >= 15 is 0 Å². The van der Waals surface area contributed by atoms with E-state index in [-0.39, 0.29) is 13.2 Å². The zero-order chi connectivity index (χ0) is 20.6. The summed E-state index contributed by atoms with van der Waals surface area (Å²) in [6, 6.07) is 0. The minimum atomic E-state index is -1.22. The van der Waals surface area contributed by atoms with E-state index in [0.717, 1.165) is 20.8 Å². The van der Waals surface area contributed by atoms with Crippen molar-refractivity contribution in [2.24, 2.45) is 0 Å². The van der Waals surface area contributed by atoms with Crippen LogP contribution in [0.4, 0.5) is 0 Å². The number of rotatable bonds is 8. The maximum atomic E-state index is 11.6. The third-order valence-corrected chi connectivity index (χ3v) is 3.63. The Morgan fingerprint density at radius 2 is 1.33 bits per heavy atom. The molecule has 1 heterocycles. The molecular weight excluding hydrogens is 432 g/mol. The van der Waals surface area contributed by atoms with Gasteiger partial charge in [-0.05, 0) is 0 Å². The number of carbonyl (C=O) groups excluding carboxylic acids is 4. The number of esters is 4. The number of hydrogen-bond acceptors (Lipinski definition) is 10. The molecule has 1 unspecified atom stereocenters. The van der Waals surface area contributed by atoms with Crippen LogP contribution in [0.2, 0.25) is 0 Å². The summed E-state index contributed by atoms with van der Waals surface area (Å²) in [5.41, 5.74) is 0. The van der Waals surface area contributed by atoms with Gasteiger partial charge >= 0.3 is 23.9 Å². The van der Waals surface area contributed by atoms with Gasteiger partial charge in [0.1, 0.15) is 12.7 Å². The molecule has 0 N–H and O–H groups in total. The molecule has 10 nitrogen and oxygen atoms in total. The standard InChI is InChI=1S/C16H23BrO10/c1-8(18)23-7-12-13(24-9(2)19)14(25-10(3)20)15(26-11(4)21)16(27-12)22-6-5-17/h12-16H,5-7H2,1-4H3/t12?,13-,14+,15+,16-/m1/s1. The summed E-state index contributed by atoms with van der Waals surface area (Å²) in [7, 11) is 0. The highest BCUT2D eigenvalue weighted by Gasteiger charge is 2.52. The van der Waals surface area contributed by atoms with Gasteiger partial charge in [0, 0.05) is 33.0 Å². The molecule has 0 aromatic heterocycles. The fourth-order valence-electron chi connectivity index (χ4n) is 2.48. The highest BCUT2D eigenvalue weighted by Crippen LogP contribution is 2.29. The van der Waals surface area contributed by atoms with Gasteiger partial charge in [0.15, 0.2) is 24.6 Å². The average Bonchev–Trinajstić information content (AvgIpc) is 2.54. The molecule has 1 rings (SSSR count). The number of ether oxygens (including phenoxy) is 6. The monoisotopic (exact) mass is 454 g/mol. The van der Waals surface area contributed by atoms with E-state index in [1.807, 2.05) is 0 Å². The Kier molecular flexibility index (Phi) is 9.67. The second-order valence-corrected chi connectivity index (χ2v) is 6.42. The SMILES string of the molecule is CC(=O)OCC1O[C@@H](OCCBr)[C@@H](OC(C)=O)[C@@H](OC(C)=O)[C@@H]1OC(C)=O. The van der Waals surface area contributed by atoms with E-state index in [0.29, 0.717) is 5.33 Å². The van der Waals surface area contributed by atoms with Crippen molar-refractivity contribution in [2.75, 3.05) is 18.5 Å². The molecule has 11 heteroatoms. The number of alkyl halides is 1. The van der Waals surface area contributed by atoms with Crippen LogP contribution in [0.15, 0.2) is 0 Å². The Morgan fingerprint density at radius 1 is 0.815 bits per heavy atom. The van der Waals surface area contributed by atoms with Crippen LogP contribution in [-0.4, -0.2) is 73.1 Å². The van der Waals surface area contributed by atoms with Gasteiger partial charge in [0.2, 0.25) is 0 Å². The maximum Gasteiger partial charge on any atom is 0.303 e. The van der Waals surface area contributed by atoms with Crippen LogP contribution in [0.3, 0.4) is 0 Å². The number of carbonyl (C=O) groups is 4. The molecule has 5 atom stereocenters. The van der Waals surface area contributed by atoms with Crippen LogP contribution in [0.1, 0.15) is 27.7 Å². The van der Waals surface area contributed by atoms with Crippen LogP contribution in [0, 0.1) is 0 Å². The molecule has 154 valence electrons. The Balaban J connectivity index is 3.22. The number of hydrogen-bond donors (Lipinski definition) is 0. The summed E-state index contributed by atoms with van der Waals surface area (Å²) in [4.78, 5) is 45.8. The van der Waals surface area contributed by atoms with Gasteiger partial charge in [-0.15, -0.1) is 0 Å². The third kappa shape index (κ3) is 7.81. The lowest BCUT2D eigenvalue weighted by Gasteiger charge is -2.44. The second kappa shape index (κ2) is 11.2. The van der Waals surface area contributed by atoms with Crippen molar-refractivity contribution in [1.82, 2.24) is 0 Å². The lowest BCUT2D eigenvalue weighted by molar-refractivity contribution is -0.306. The average molecular weight is 455 g/mol. The van der Waals surface area contributed by atoms with E-state index in [1.165, 1.54) is 6.92 Å². The minimum Gasteiger partial charge on any atom is -0.463 e. The van der Waals surface area contributed by atoms with Crippen LogP contribution < -0.4 is 0 Å². The number of halogens is 1. The van der Waals surface area contributed by atoms with Gasteiger partial charge in [-0.25, -0.2) is 0 Å². The molecule has 1 aliphatic heterocycles. The van der Waals surface area contributed by atoms with Gasteiger partial charge in [-0.1, -0.05) is 15.9 Å². The first-order valence-electron chi connectivity index (χ1n) is 8.13. The molecule has 0 saturated carbocycles. The molecular formula is C16H23BrO10. The predicted molar refractivity (Wildman–Crippen MR) is 91.7 cm³/mol. The van der Waals surface area contributed by atoms with Crippen molar-refractivity contribution in [3.05, 3.63) is 0 Å². The van der Waals surface area contributed by atoms with Crippen LogP contribution in [-0.2, 0) is 47.6 Å². The van der Waals surface area contributed by atoms with E-state index in [4.69, 9.17) is 28.4 Å².